The second-order valence-electron chi connectivity index (χ2n) is 5.69. The van der Waals surface area contributed by atoms with E-state index in [1.54, 1.807) is 34.1 Å². The smallest absolute Gasteiger partial charge is 0.409 e. The molecule has 0 spiro atoms. The van der Waals surface area contributed by atoms with Gasteiger partial charge >= 0.3 is 6.09 Å². The van der Waals surface area contributed by atoms with Crippen molar-refractivity contribution in [2.75, 3.05) is 33.3 Å². The van der Waals surface area contributed by atoms with Crippen molar-refractivity contribution >= 4 is 23.6 Å². The third kappa shape index (κ3) is 3.93. The second-order valence-corrected chi connectivity index (χ2v) is 6.13. The number of ether oxygens (including phenoxy) is 1. The van der Waals surface area contributed by atoms with Crippen LogP contribution in [0, 0.1) is 0 Å². The van der Waals surface area contributed by atoms with Gasteiger partial charge in [-0.3, -0.25) is 4.79 Å². The van der Waals surface area contributed by atoms with Crippen LogP contribution >= 0.6 is 11.6 Å². The van der Waals surface area contributed by atoms with E-state index < -0.39 is 0 Å². The normalized spacial score (nSPS) is 15.0. The summed E-state index contributed by atoms with van der Waals surface area (Å²) < 4.78 is 10.0. The molecule has 132 valence electrons. The maximum absolute atomic E-state index is 12.7. The molecule has 1 aliphatic heterocycles. The van der Waals surface area contributed by atoms with E-state index in [0.29, 0.717) is 43.4 Å². The molecule has 1 fully saturated rings. The van der Waals surface area contributed by atoms with Crippen LogP contribution in [-0.2, 0) is 4.74 Å². The van der Waals surface area contributed by atoms with Crippen molar-refractivity contribution in [3.63, 3.8) is 0 Å². The molecule has 1 aliphatic rings. The Bertz CT molecular complexity index is 777. The summed E-state index contributed by atoms with van der Waals surface area (Å²) in [6.07, 6.45) is 0.304. The molecule has 2 heterocycles. The fourth-order valence-electron chi connectivity index (χ4n) is 2.75. The Balaban J connectivity index is 1.70. The maximum Gasteiger partial charge on any atom is 0.409 e. The van der Waals surface area contributed by atoms with E-state index >= 15 is 0 Å². The van der Waals surface area contributed by atoms with E-state index in [9.17, 15) is 9.59 Å². The van der Waals surface area contributed by atoms with Crippen LogP contribution in [0.5, 0.6) is 0 Å². The molecular weight excluding hydrogens is 346 g/mol. The lowest BCUT2D eigenvalue weighted by atomic mass is 10.1. The largest absolute Gasteiger partial charge is 0.453 e. The van der Waals surface area contributed by atoms with E-state index in [-0.39, 0.29) is 17.7 Å². The molecule has 0 saturated carbocycles. The van der Waals surface area contributed by atoms with E-state index in [2.05, 4.69) is 5.16 Å². The molecule has 0 aliphatic carbocycles. The molecule has 0 radical (unpaired) electrons. The highest BCUT2D eigenvalue weighted by Crippen LogP contribution is 2.24. The molecular formula is C17H18ClN3O4. The number of hydrogen-bond acceptors (Lipinski definition) is 5. The van der Waals surface area contributed by atoms with E-state index in [4.69, 9.17) is 20.9 Å². The maximum atomic E-state index is 12.7. The average molecular weight is 364 g/mol. The van der Waals surface area contributed by atoms with Crippen LogP contribution in [0.4, 0.5) is 4.79 Å². The Hall–Kier alpha value is -2.54. The number of nitrogens with zero attached hydrogens (tertiary/aromatic N) is 3. The van der Waals surface area contributed by atoms with E-state index in [0.717, 1.165) is 5.56 Å². The highest BCUT2D eigenvalue weighted by Gasteiger charge is 2.25. The van der Waals surface area contributed by atoms with Crippen LogP contribution in [0.15, 0.2) is 34.9 Å². The lowest BCUT2D eigenvalue weighted by molar-refractivity contribution is 0.0747. The van der Waals surface area contributed by atoms with Crippen LogP contribution in [0.1, 0.15) is 16.9 Å². The first-order chi connectivity index (χ1) is 12.1. The SMILES string of the molecule is COC(=O)N1CCCN(C(=O)c2cc(-c3cccc(Cl)c3)on2)CC1. The second kappa shape index (κ2) is 7.57. The third-order valence-electron chi connectivity index (χ3n) is 4.05. The summed E-state index contributed by atoms with van der Waals surface area (Å²) in [5, 5.41) is 4.46. The summed E-state index contributed by atoms with van der Waals surface area (Å²) in [5.74, 6) is 0.264. The Morgan fingerprint density at radius 3 is 2.68 bits per heavy atom. The molecule has 1 aromatic carbocycles. The monoisotopic (exact) mass is 363 g/mol. The summed E-state index contributed by atoms with van der Waals surface area (Å²) in [6.45, 7) is 1.96. The number of carbonyl (C=O) groups is 2. The van der Waals surface area contributed by atoms with Crippen molar-refractivity contribution in [3.05, 3.63) is 41.0 Å². The van der Waals surface area contributed by atoms with Crippen molar-refractivity contribution in [1.82, 2.24) is 15.0 Å². The summed E-state index contributed by atoms with van der Waals surface area (Å²) in [6, 6.07) is 8.75. The number of methoxy groups -OCH3 is 1. The summed E-state index contributed by atoms with van der Waals surface area (Å²) >= 11 is 5.98. The molecule has 7 nitrogen and oxygen atoms in total. The molecule has 0 N–H and O–H groups in total. The van der Waals surface area contributed by atoms with Crippen LogP contribution in [0.2, 0.25) is 5.02 Å². The number of benzene rings is 1. The minimum atomic E-state index is -0.376. The van der Waals surface area contributed by atoms with Gasteiger partial charge in [-0.05, 0) is 18.6 Å². The Labute approximate surface area is 150 Å². The molecule has 25 heavy (non-hydrogen) atoms. The average Bonchev–Trinajstić information content (AvgIpc) is 2.98. The zero-order valence-electron chi connectivity index (χ0n) is 13.8. The van der Waals surface area contributed by atoms with Crippen molar-refractivity contribution in [2.45, 2.75) is 6.42 Å². The van der Waals surface area contributed by atoms with E-state index in [1.165, 1.54) is 7.11 Å². The van der Waals surface area contributed by atoms with Gasteiger partial charge in [0.1, 0.15) is 0 Å². The minimum Gasteiger partial charge on any atom is -0.453 e. The molecule has 0 bridgehead atoms. The van der Waals surface area contributed by atoms with Crippen molar-refractivity contribution in [1.29, 1.82) is 0 Å². The molecule has 2 amide bonds. The van der Waals surface area contributed by atoms with Gasteiger partial charge < -0.3 is 19.1 Å². The Kier molecular flexibility index (Phi) is 5.23. The molecule has 8 heteroatoms. The molecule has 0 atom stereocenters. The van der Waals surface area contributed by atoms with Gasteiger partial charge in [0, 0.05) is 42.8 Å². The summed E-state index contributed by atoms with van der Waals surface area (Å²) in [4.78, 5) is 27.5. The molecule has 3 rings (SSSR count). The van der Waals surface area contributed by atoms with Gasteiger partial charge in [0.05, 0.1) is 7.11 Å². The first-order valence-corrected chi connectivity index (χ1v) is 8.31. The van der Waals surface area contributed by atoms with Gasteiger partial charge in [-0.1, -0.05) is 28.9 Å². The first kappa shape index (κ1) is 17.3. The van der Waals surface area contributed by atoms with Gasteiger partial charge in [0.15, 0.2) is 11.5 Å². The Morgan fingerprint density at radius 2 is 1.92 bits per heavy atom. The quantitative estimate of drug-likeness (QED) is 0.820. The number of halogens is 1. The fraction of sp³-hybridized carbons (Fsp3) is 0.353. The highest BCUT2D eigenvalue weighted by molar-refractivity contribution is 6.30. The lowest BCUT2D eigenvalue weighted by Gasteiger charge is -2.20. The lowest BCUT2D eigenvalue weighted by Crippen LogP contribution is -2.37. The highest BCUT2D eigenvalue weighted by atomic mass is 35.5. The Morgan fingerprint density at radius 1 is 1.16 bits per heavy atom. The fourth-order valence-corrected chi connectivity index (χ4v) is 2.94. The number of amides is 2. The molecule has 2 aromatic rings. The summed E-state index contributed by atoms with van der Waals surface area (Å²) in [5.41, 5.74) is 0.994. The zero-order valence-corrected chi connectivity index (χ0v) is 14.5. The standard InChI is InChI=1S/C17H18ClN3O4/c1-24-17(23)21-7-3-6-20(8-9-21)16(22)14-11-15(25-19-14)12-4-2-5-13(18)10-12/h2,4-5,10-11H,3,6-9H2,1H3. The minimum absolute atomic E-state index is 0.219. The van der Waals surface area contributed by atoms with Crippen LogP contribution in [0.25, 0.3) is 11.3 Å². The van der Waals surface area contributed by atoms with Crippen LogP contribution < -0.4 is 0 Å². The van der Waals surface area contributed by atoms with Crippen LogP contribution in [-0.4, -0.2) is 60.2 Å². The predicted molar refractivity (Wildman–Crippen MR) is 91.4 cm³/mol. The predicted octanol–water partition coefficient (Wildman–Crippen LogP) is 2.91. The molecule has 1 aromatic heterocycles. The number of hydrogen-bond donors (Lipinski definition) is 0. The van der Waals surface area contributed by atoms with Crippen molar-refractivity contribution in [3.8, 4) is 11.3 Å². The number of rotatable bonds is 2. The van der Waals surface area contributed by atoms with Crippen LogP contribution in [0.3, 0.4) is 0 Å². The number of carbonyl (C=O) groups excluding carboxylic acids is 2. The molecule has 1 saturated heterocycles. The van der Waals surface area contributed by atoms with Gasteiger partial charge in [-0.15, -0.1) is 0 Å². The molecule has 0 unspecified atom stereocenters. The van der Waals surface area contributed by atoms with Gasteiger partial charge in [0.25, 0.3) is 5.91 Å². The zero-order chi connectivity index (χ0) is 17.8. The number of aromatic nitrogens is 1. The first-order valence-electron chi connectivity index (χ1n) is 7.93. The van der Waals surface area contributed by atoms with Gasteiger partial charge in [-0.25, -0.2) is 4.79 Å². The van der Waals surface area contributed by atoms with Gasteiger partial charge in [0.2, 0.25) is 0 Å². The topological polar surface area (TPSA) is 75.9 Å². The van der Waals surface area contributed by atoms with Gasteiger partial charge in [-0.2, -0.15) is 0 Å². The van der Waals surface area contributed by atoms with E-state index in [1.807, 2.05) is 6.07 Å². The van der Waals surface area contributed by atoms with Crippen molar-refractivity contribution < 1.29 is 18.8 Å². The van der Waals surface area contributed by atoms with Crippen molar-refractivity contribution in [2.24, 2.45) is 0 Å². The third-order valence-corrected chi connectivity index (χ3v) is 4.29. The summed E-state index contributed by atoms with van der Waals surface area (Å²) in [7, 11) is 1.35.